The Labute approximate surface area is 78.2 Å². The summed E-state index contributed by atoms with van der Waals surface area (Å²) >= 11 is 2.65. The lowest BCUT2D eigenvalue weighted by molar-refractivity contribution is -0.870. The summed E-state index contributed by atoms with van der Waals surface area (Å²) in [6, 6.07) is 0. The minimum absolute atomic E-state index is 0.281. The molecule has 0 radical (unpaired) electrons. The predicted molar refractivity (Wildman–Crippen MR) is 50.5 cm³/mol. The largest absolute Gasteiger partial charge is 0.391 e. The van der Waals surface area contributed by atoms with E-state index >= 15 is 0 Å². The summed E-state index contributed by atoms with van der Waals surface area (Å²) < 4.78 is 26.3. The summed E-state index contributed by atoms with van der Waals surface area (Å²) in [4.78, 5) is 0. The van der Waals surface area contributed by atoms with E-state index in [1.807, 2.05) is 0 Å². The molecule has 0 rings (SSSR count). The van der Waals surface area contributed by atoms with Crippen molar-refractivity contribution in [3.8, 4) is 0 Å². The second-order valence-corrected chi connectivity index (χ2v) is 5.47. The maximum absolute atomic E-state index is 9.05. The minimum Gasteiger partial charge on any atom is -0.391 e. The lowest BCUT2D eigenvalue weighted by atomic mass is 10.5. The lowest BCUT2D eigenvalue weighted by Crippen LogP contribution is -2.36. The highest BCUT2D eigenvalue weighted by molar-refractivity contribution is 8.61. The van der Waals surface area contributed by atoms with Gasteiger partial charge in [-0.05, 0) is 11.7 Å². The highest BCUT2D eigenvalue weighted by Crippen LogP contribution is 1.84. The van der Waals surface area contributed by atoms with Crippen molar-refractivity contribution in [1.82, 2.24) is 0 Å². The summed E-state index contributed by atoms with van der Waals surface area (Å²) in [6.07, 6.45) is 0. The van der Waals surface area contributed by atoms with Crippen LogP contribution < -0.4 is 0 Å². The fourth-order valence-electron chi connectivity index (χ4n) is 0.300. The molecule has 0 aliphatic heterocycles. The van der Waals surface area contributed by atoms with E-state index in [-0.39, 0.29) is 6.61 Å². The molecule has 7 heteroatoms. The third-order valence-corrected chi connectivity index (χ3v) is 0.771. The number of aliphatic hydroxyl groups is 1. The van der Waals surface area contributed by atoms with Gasteiger partial charge in [0.2, 0.25) is 0 Å². The predicted octanol–water partition coefficient (Wildman–Crippen LogP) is -0.596. The molecule has 0 saturated heterocycles. The molecule has 0 fully saturated rings. The number of nitrogens with zero attached hydrogens (tertiary/aromatic N) is 1. The first-order valence-electron chi connectivity index (χ1n) is 3.17. The lowest BCUT2D eigenvalue weighted by Gasteiger charge is -2.21. The van der Waals surface area contributed by atoms with Crippen molar-refractivity contribution in [1.29, 1.82) is 0 Å². The zero-order valence-corrected chi connectivity index (χ0v) is 9.14. The van der Waals surface area contributed by atoms with Gasteiger partial charge in [0.1, 0.15) is 6.54 Å². The monoisotopic (exact) mass is 218 g/mol. The second kappa shape index (κ2) is 5.76. The molecule has 0 aliphatic rings. The number of hydrogen-bond donors (Lipinski definition) is 3. The smallest absolute Gasteiger partial charge is 0.316 e. The van der Waals surface area contributed by atoms with Gasteiger partial charge in [-0.2, -0.15) is 8.42 Å². The van der Waals surface area contributed by atoms with Crippen LogP contribution in [0.15, 0.2) is 0 Å². The van der Waals surface area contributed by atoms with Gasteiger partial charge in [0.15, 0.2) is 0 Å². The Morgan fingerprint density at radius 2 is 1.58 bits per heavy atom. The van der Waals surface area contributed by atoms with Gasteiger partial charge in [0.25, 0.3) is 0 Å². The van der Waals surface area contributed by atoms with Gasteiger partial charge in [0, 0.05) is 0 Å². The highest BCUT2D eigenvalue weighted by atomic mass is 33.1. The number of rotatable bonds is 2. The van der Waals surface area contributed by atoms with Crippen molar-refractivity contribution in [3.05, 3.63) is 0 Å². The Bertz CT molecular complexity index is 186. The fourth-order valence-corrected chi connectivity index (χ4v) is 0.300. The van der Waals surface area contributed by atoms with E-state index < -0.39 is 9.15 Å². The van der Waals surface area contributed by atoms with Crippen LogP contribution in [0.25, 0.3) is 0 Å². The van der Waals surface area contributed by atoms with Crippen molar-refractivity contribution in [2.24, 2.45) is 0 Å². The van der Waals surface area contributed by atoms with Crippen LogP contribution in [0.4, 0.5) is 0 Å². The third kappa shape index (κ3) is 49.1. The van der Waals surface area contributed by atoms with E-state index in [1.165, 1.54) is 0 Å². The molecule has 0 aromatic rings. The van der Waals surface area contributed by atoms with Crippen LogP contribution in [-0.2, 0) is 9.15 Å². The quantitative estimate of drug-likeness (QED) is 0.250. The Morgan fingerprint density at radius 1 is 1.33 bits per heavy atom. The molecule has 0 unspecified atom stereocenters. The topological polar surface area (TPSA) is 74.6 Å². The molecule has 0 aliphatic carbocycles. The zero-order chi connectivity index (χ0) is 10.4. The number of aliphatic hydroxyl groups excluding tert-OH is 1. The summed E-state index contributed by atoms with van der Waals surface area (Å²) in [7, 11) is 2.18. The molecule has 0 saturated carbocycles. The maximum atomic E-state index is 9.05. The molecule has 12 heavy (non-hydrogen) atoms. The van der Waals surface area contributed by atoms with Crippen molar-refractivity contribution >= 4 is 20.8 Å². The Balaban J connectivity index is 0. The van der Waals surface area contributed by atoms with Crippen LogP contribution in [0.2, 0.25) is 0 Å². The summed E-state index contributed by atoms with van der Waals surface area (Å²) in [5, 5.41) is 8.39. The molecule has 0 atom stereocenters. The Morgan fingerprint density at radius 3 is 1.58 bits per heavy atom. The number of hydrogen-bond acceptors (Lipinski definition) is 3. The minimum atomic E-state index is -3.97. The van der Waals surface area contributed by atoms with E-state index in [1.54, 1.807) is 0 Å². The number of likely N-dealkylation sites (N-methyl/N-ethyl adjacent to an activating group) is 1. The van der Waals surface area contributed by atoms with E-state index in [0.717, 1.165) is 11.0 Å². The first kappa shape index (κ1) is 14.7. The van der Waals surface area contributed by atoms with Crippen molar-refractivity contribution in [2.45, 2.75) is 0 Å². The van der Waals surface area contributed by atoms with E-state index in [4.69, 9.17) is 18.1 Å². The van der Waals surface area contributed by atoms with Gasteiger partial charge < -0.3 is 9.59 Å². The molecule has 0 heterocycles. The van der Waals surface area contributed by atoms with Gasteiger partial charge in [-0.15, -0.1) is 0 Å². The highest BCUT2D eigenvalue weighted by Gasteiger charge is 2.02. The fraction of sp³-hybridized carbons (Fsp3) is 1.00. The van der Waals surface area contributed by atoms with Gasteiger partial charge in [-0.3, -0.25) is 4.55 Å². The van der Waals surface area contributed by atoms with Gasteiger partial charge in [-0.1, -0.05) is 0 Å². The molecule has 0 bridgehead atoms. The van der Waals surface area contributed by atoms with Gasteiger partial charge in [-0.25, -0.2) is 0 Å². The van der Waals surface area contributed by atoms with E-state index in [0.29, 0.717) is 0 Å². The van der Waals surface area contributed by atoms with Crippen LogP contribution in [0.3, 0.4) is 0 Å². The van der Waals surface area contributed by atoms with E-state index in [9.17, 15) is 0 Å². The summed E-state index contributed by atoms with van der Waals surface area (Å²) in [5.41, 5.74) is 0. The van der Waals surface area contributed by atoms with Crippen LogP contribution >= 0.6 is 11.7 Å². The molecule has 76 valence electrons. The first-order valence-corrected chi connectivity index (χ1v) is 5.66. The molecule has 0 spiro atoms. The van der Waals surface area contributed by atoms with Crippen LogP contribution in [0.1, 0.15) is 0 Å². The average Bonchev–Trinajstić information content (AvgIpc) is 1.54. The molecule has 0 aromatic carbocycles. The molecular weight excluding hydrogens is 202 g/mol. The van der Waals surface area contributed by atoms with Crippen molar-refractivity contribution in [2.75, 3.05) is 34.3 Å². The molecular formula is C5H16NO4S2+. The summed E-state index contributed by atoms with van der Waals surface area (Å²) in [6.45, 7) is 1.11. The first-order chi connectivity index (χ1) is 5.06. The van der Waals surface area contributed by atoms with Crippen LogP contribution in [-0.4, -0.2) is 56.9 Å². The summed E-state index contributed by atoms with van der Waals surface area (Å²) in [5.74, 6) is 0. The standard InChI is InChI=1S/C5H14NO.H2O3S2/c1-6(2,3)4-5-7;1-5(2,3)4/h7H,4-5H2,1-3H3;(H2,1,2,3,4)/q+1;. The molecule has 2 N–H and O–H groups in total. The Hall–Kier alpha value is 0.180. The Kier molecular flexibility index (Phi) is 7.05. The SMILES string of the molecule is C[N+](C)(C)CCO.O=S(=O)(O)S. The molecule has 0 amide bonds. The maximum Gasteiger partial charge on any atom is 0.316 e. The second-order valence-electron chi connectivity index (χ2n) is 3.19. The number of quaternary nitrogens is 1. The van der Waals surface area contributed by atoms with Gasteiger partial charge >= 0.3 is 9.15 Å². The van der Waals surface area contributed by atoms with Crippen molar-refractivity contribution < 1.29 is 22.6 Å². The average molecular weight is 218 g/mol. The third-order valence-electron chi connectivity index (χ3n) is 0.771. The van der Waals surface area contributed by atoms with Crippen LogP contribution in [0.5, 0.6) is 0 Å². The molecule has 0 aromatic heterocycles. The number of thiol groups is 1. The molecule has 5 nitrogen and oxygen atoms in total. The van der Waals surface area contributed by atoms with E-state index in [2.05, 4.69) is 32.8 Å². The zero-order valence-electron chi connectivity index (χ0n) is 7.43. The van der Waals surface area contributed by atoms with Crippen molar-refractivity contribution in [3.63, 3.8) is 0 Å². The van der Waals surface area contributed by atoms with Crippen LogP contribution in [0, 0.1) is 0 Å². The normalized spacial score (nSPS) is 11.8. The van der Waals surface area contributed by atoms with Gasteiger partial charge in [0.05, 0.1) is 27.7 Å².